The van der Waals surface area contributed by atoms with Crippen molar-refractivity contribution >= 4 is 29.0 Å². The van der Waals surface area contributed by atoms with Crippen molar-refractivity contribution in [3.63, 3.8) is 0 Å². The van der Waals surface area contributed by atoms with Gasteiger partial charge in [-0.15, -0.1) is 0 Å². The van der Waals surface area contributed by atoms with Gasteiger partial charge in [0, 0.05) is 0 Å². The summed E-state index contributed by atoms with van der Waals surface area (Å²) in [5.74, 6) is 0.171. The summed E-state index contributed by atoms with van der Waals surface area (Å²) in [5, 5.41) is 5.79. The van der Waals surface area contributed by atoms with Gasteiger partial charge in [0.1, 0.15) is 5.84 Å². The van der Waals surface area contributed by atoms with Crippen molar-refractivity contribution in [2.45, 2.75) is 20.3 Å². The van der Waals surface area contributed by atoms with Crippen LogP contribution < -0.4 is 10.7 Å². The number of benzene rings is 1. The molecule has 1 aromatic rings. The van der Waals surface area contributed by atoms with Crippen LogP contribution in [0.25, 0.3) is 0 Å². The van der Waals surface area contributed by atoms with E-state index in [0.717, 1.165) is 11.1 Å². The Balaban J connectivity index is 2.52. The summed E-state index contributed by atoms with van der Waals surface area (Å²) in [6.45, 7) is 3.84. The number of hydrogen-bond donors (Lipinski definition) is 1. The van der Waals surface area contributed by atoms with Gasteiger partial charge in [0.2, 0.25) is 0 Å². The van der Waals surface area contributed by atoms with Crippen LogP contribution in [0.15, 0.2) is 17.2 Å². The Labute approximate surface area is 98.7 Å². The summed E-state index contributed by atoms with van der Waals surface area (Å²) in [7, 11) is 0. The number of amides is 1. The second kappa shape index (κ2) is 3.79. The van der Waals surface area contributed by atoms with Crippen LogP contribution in [-0.4, -0.2) is 11.7 Å². The van der Waals surface area contributed by atoms with Crippen LogP contribution in [0.3, 0.4) is 0 Å². The number of nitrogens with zero attached hydrogens (tertiary/aromatic N) is 2. The molecule has 1 heterocycles. The minimum atomic E-state index is -0.149. The number of carbonyl (C=O) groups is 1. The first-order valence-corrected chi connectivity index (χ1v) is 5.29. The number of hydrazone groups is 1. The molecule has 84 valence electrons. The summed E-state index contributed by atoms with van der Waals surface area (Å²) in [6.07, 6.45) is 0.156. The normalized spacial score (nSPS) is 15.6. The Kier molecular flexibility index (Phi) is 2.59. The van der Waals surface area contributed by atoms with Crippen LogP contribution in [0.4, 0.5) is 5.69 Å². The van der Waals surface area contributed by atoms with Crippen molar-refractivity contribution in [1.82, 2.24) is 0 Å². The Bertz CT molecular complexity index is 496. The average Bonchev–Trinajstić information content (AvgIpc) is 2.51. The fourth-order valence-electron chi connectivity index (χ4n) is 1.72. The first-order valence-electron chi connectivity index (χ1n) is 4.91. The zero-order valence-corrected chi connectivity index (χ0v) is 9.88. The van der Waals surface area contributed by atoms with Gasteiger partial charge >= 0.3 is 0 Å². The molecule has 1 aromatic carbocycles. The number of rotatable bonds is 1. The molecule has 2 N–H and O–H groups in total. The van der Waals surface area contributed by atoms with E-state index < -0.39 is 0 Å². The van der Waals surface area contributed by atoms with Gasteiger partial charge in [-0.3, -0.25) is 4.79 Å². The lowest BCUT2D eigenvalue weighted by Crippen LogP contribution is -2.20. The summed E-state index contributed by atoms with van der Waals surface area (Å²) in [4.78, 5) is 11.6. The van der Waals surface area contributed by atoms with E-state index in [9.17, 15) is 4.79 Å². The molecule has 2 rings (SSSR count). The maximum Gasteiger partial charge on any atom is 0.255 e. The Hall–Kier alpha value is -1.55. The van der Waals surface area contributed by atoms with E-state index in [2.05, 4.69) is 5.10 Å². The molecule has 0 radical (unpaired) electrons. The molecule has 0 saturated carbocycles. The fourth-order valence-corrected chi connectivity index (χ4v) is 1.91. The summed E-state index contributed by atoms with van der Waals surface area (Å²) in [6, 6.07) is 3.79. The van der Waals surface area contributed by atoms with E-state index >= 15 is 0 Å². The number of carbonyl (C=O) groups excluding carboxylic acids is 1. The molecule has 1 amide bonds. The van der Waals surface area contributed by atoms with E-state index in [1.54, 1.807) is 0 Å². The van der Waals surface area contributed by atoms with Gasteiger partial charge in [-0.1, -0.05) is 17.7 Å². The predicted octanol–water partition coefficient (Wildman–Crippen LogP) is 1.97. The molecule has 0 atom stereocenters. The van der Waals surface area contributed by atoms with Crippen LogP contribution >= 0.6 is 11.6 Å². The highest BCUT2D eigenvalue weighted by Gasteiger charge is 2.25. The third-order valence-corrected chi connectivity index (χ3v) is 2.90. The van der Waals surface area contributed by atoms with Crippen molar-refractivity contribution in [1.29, 1.82) is 0 Å². The Morgan fingerprint density at radius 1 is 1.44 bits per heavy atom. The number of anilines is 1. The van der Waals surface area contributed by atoms with E-state index in [4.69, 9.17) is 17.3 Å². The fraction of sp³-hybridized carbons (Fsp3) is 0.273. The standard InChI is InChI=1S/C11H12ClN3O/c1-6-3-7(2)11(12)8(4-6)15-10(16)5-9(13)14-15/h3-4H,5H2,1-2H3,(H2,13,14). The van der Waals surface area contributed by atoms with Gasteiger partial charge in [-0.05, 0) is 31.0 Å². The van der Waals surface area contributed by atoms with Gasteiger partial charge in [0.15, 0.2) is 0 Å². The second-order valence-corrected chi connectivity index (χ2v) is 4.27. The number of halogens is 1. The summed E-state index contributed by atoms with van der Waals surface area (Å²) >= 11 is 6.15. The predicted molar refractivity (Wildman–Crippen MR) is 64.7 cm³/mol. The van der Waals surface area contributed by atoms with E-state index in [0.29, 0.717) is 16.5 Å². The van der Waals surface area contributed by atoms with Crippen molar-refractivity contribution < 1.29 is 4.79 Å². The molecule has 0 saturated heterocycles. The minimum Gasteiger partial charge on any atom is -0.385 e. The number of aryl methyl sites for hydroxylation is 2. The van der Waals surface area contributed by atoms with E-state index in [-0.39, 0.29) is 12.3 Å². The first-order chi connectivity index (χ1) is 7.49. The molecular weight excluding hydrogens is 226 g/mol. The number of hydrogen-bond acceptors (Lipinski definition) is 3. The summed E-state index contributed by atoms with van der Waals surface area (Å²) in [5.41, 5.74) is 8.08. The van der Waals surface area contributed by atoms with Gasteiger partial charge in [-0.25, -0.2) is 0 Å². The average molecular weight is 238 g/mol. The topological polar surface area (TPSA) is 58.7 Å². The lowest BCUT2D eigenvalue weighted by molar-refractivity contribution is -0.116. The Morgan fingerprint density at radius 2 is 2.12 bits per heavy atom. The largest absolute Gasteiger partial charge is 0.385 e. The van der Waals surface area contributed by atoms with E-state index in [1.165, 1.54) is 5.01 Å². The molecule has 0 aliphatic carbocycles. The summed E-state index contributed by atoms with van der Waals surface area (Å²) < 4.78 is 0. The minimum absolute atomic E-state index is 0.149. The molecule has 1 aliphatic rings. The van der Waals surface area contributed by atoms with Gasteiger partial charge in [0.25, 0.3) is 5.91 Å². The highest BCUT2D eigenvalue weighted by molar-refractivity contribution is 6.35. The molecule has 5 heteroatoms. The molecule has 16 heavy (non-hydrogen) atoms. The molecule has 0 fully saturated rings. The van der Waals surface area contributed by atoms with Gasteiger partial charge < -0.3 is 5.73 Å². The quantitative estimate of drug-likeness (QED) is 0.812. The maximum atomic E-state index is 11.6. The van der Waals surface area contributed by atoms with Crippen molar-refractivity contribution in [3.05, 3.63) is 28.3 Å². The van der Waals surface area contributed by atoms with Crippen molar-refractivity contribution in [3.8, 4) is 0 Å². The monoisotopic (exact) mass is 237 g/mol. The third kappa shape index (κ3) is 1.76. The van der Waals surface area contributed by atoms with Crippen LogP contribution in [-0.2, 0) is 4.79 Å². The SMILES string of the molecule is Cc1cc(C)c(Cl)c(N2N=C(N)CC2=O)c1. The molecule has 0 unspecified atom stereocenters. The highest BCUT2D eigenvalue weighted by atomic mass is 35.5. The molecule has 0 bridgehead atoms. The second-order valence-electron chi connectivity index (χ2n) is 3.89. The molecule has 4 nitrogen and oxygen atoms in total. The molecule has 0 spiro atoms. The number of amidine groups is 1. The van der Waals surface area contributed by atoms with Crippen LogP contribution in [0.2, 0.25) is 5.02 Å². The lowest BCUT2D eigenvalue weighted by atomic mass is 10.1. The molecule has 1 aliphatic heterocycles. The van der Waals surface area contributed by atoms with E-state index in [1.807, 2.05) is 26.0 Å². The first kappa shape index (κ1) is 11.0. The van der Waals surface area contributed by atoms with Crippen molar-refractivity contribution in [2.24, 2.45) is 10.8 Å². The third-order valence-electron chi connectivity index (χ3n) is 2.40. The number of nitrogens with two attached hydrogens (primary N) is 1. The maximum absolute atomic E-state index is 11.6. The van der Waals surface area contributed by atoms with Gasteiger partial charge in [-0.2, -0.15) is 10.1 Å². The van der Waals surface area contributed by atoms with Crippen molar-refractivity contribution in [2.75, 3.05) is 5.01 Å². The van der Waals surface area contributed by atoms with Crippen LogP contribution in [0.1, 0.15) is 17.5 Å². The highest BCUT2D eigenvalue weighted by Crippen LogP contribution is 2.32. The molecular formula is C11H12ClN3O. The van der Waals surface area contributed by atoms with Crippen LogP contribution in [0, 0.1) is 13.8 Å². The molecule has 0 aromatic heterocycles. The Morgan fingerprint density at radius 3 is 2.69 bits per heavy atom. The smallest absolute Gasteiger partial charge is 0.255 e. The zero-order chi connectivity index (χ0) is 11.9. The zero-order valence-electron chi connectivity index (χ0n) is 9.12. The van der Waals surface area contributed by atoms with Crippen LogP contribution in [0.5, 0.6) is 0 Å². The van der Waals surface area contributed by atoms with Gasteiger partial charge in [0.05, 0.1) is 17.1 Å². The lowest BCUT2D eigenvalue weighted by Gasteiger charge is -2.15.